The van der Waals surface area contributed by atoms with E-state index < -0.39 is 10.8 Å². The molecule has 8 nitrogen and oxygen atoms in total. The van der Waals surface area contributed by atoms with Gasteiger partial charge in [0, 0.05) is 29.3 Å². The van der Waals surface area contributed by atoms with E-state index in [0.29, 0.717) is 22.7 Å². The Morgan fingerprint density at radius 1 is 1.27 bits per heavy atom. The molecule has 0 atom stereocenters. The molecule has 3 rings (SSSR count). The number of anilines is 1. The molecule has 0 aliphatic carbocycles. The molecular weight excluding hydrogens is 338 g/mol. The number of nitro groups is 1. The summed E-state index contributed by atoms with van der Waals surface area (Å²) in [5, 5.41) is 13.8. The molecule has 0 unspecified atom stereocenters. The van der Waals surface area contributed by atoms with E-state index in [0.717, 1.165) is 0 Å². The molecule has 0 bridgehead atoms. The summed E-state index contributed by atoms with van der Waals surface area (Å²) in [6.07, 6.45) is 0. The van der Waals surface area contributed by atoms with Gasteiger partial charge in [-0.05, 0) is 24.3 Å². The summed E-state index contributed by atoms with van der Waals surface area (Å²) >= 11 is 0. The highest BCUT2D eigenvalue weighted by Gasteiger charge is 2.18. The highest BCUT2D eigenvalue weighted by molar-refractivity contribution is 6.05. The number of amides is 1. The molecule has 0 saturated carbocycles. The van der Waals surface area contributed by atoms with Gasteiger partial charge in [-0.3, -0.25) is 14.9 Å². The van der Waals surface area contributed by atoms with Crippen LogP contribution in [0.5, 0.6) is 5.75 Å². The Labute approximate surface area is 148 Å². The van der Waals surface area contributed by atoms with Gasteiger partial charge in [0.05, 0.1) is 12.0 Å². The Kier molecular flexibility index (Phi) is 4.57. The van der Waals surface area contributed by atoms with Gasteiger partial charge in [-0.2, -0.15) is 0 Å². The average Bonchev–Trinajstić information content (AvgIpc) is 3.04. The average molecular weight is 355 g/mol. The largest absolute Gasteiger partial charge is 0.490 e. The summed E-state index contributed by atoms with van der Waals surface area (Å²) in [5.41, 5.74) is 1.65. The molecule has 0 aliphatic rings. The molecule has 1 amide bonds. The number of nitrogens with zero attached hydrogens (tertiary/aromatic N) is 2. The number of rotatable bonds is 5. The van der Waals surface area contributed by atoms with Crippen molar-refractivity contribution in [1.82, 2.24) is 4.98 Å². The lowest BCUT2D eigenvalue weighted by Crippen LogP contribution is -2.12. The van der Waals surface area contributed by atoms with Crippen LogP contribution in [0.1, 0.15) is 36.0 Å². The topological polar surface area (TPSA) is 108 Å². The monoisotopic (exact) mass is 355 g/mol. The lowest BCUT2D eigenvalue weighted by Gasteiger charge is -2.06. The second-order valence-corrected chi connectivity index (χ2v) is 5.99. The second kappa shape index (κ2) is 6.83. The standard InChI is InChI=1S/C18H17N3O5/c1-10(2)18-20-13-6-5-12(9-16(13)26-18)19-17(22)11-4-7-15(25-3)14(8-11)21(23)24/h4-10H,1-3H3,(H,19,22). The van der Waals surface area contributed by atoms with Gasteiger partial charge in [-0.1, -0.05) is 13.8 Å². The van der Waals surface area contributed by atoms with Gasteiger partial charge in [0.25, 0.3) is 5.91 Å². The fraction of sp³-hybridized carbons (Fsp3) is 0.222. The first-order valence-corrected chi connectivity index (χ1v) is 7.93. The molecule has 1 heterocycles. The summed E-state index contributed by atoms with van der Waals surface area (Å²) < 4.78 is 10.6. The van der Waals surface area contributed by atoms with Crippen molar-refractivity contribution < 1.29 is 18.9 Å². The van der Waals surface area contributed by atoms with Gasteiger partial charge in [0.2, 0.25) is 0 Å². The van der Waals surface area contributed by atoms with E-state index >= 15 is 0 Å². The number of aromatic nitrogens is 1. The number of nitro benzene ring substituents is 1. The van der Waals surface area contributed by atoms with Crippen molar-refractivity contribution in [2.75, 3.05) is 12.4 Å². The SMILES string of the molecule is COc1ccc(C(=O)Nc2ccc3nc(C(C)C)oc3c2)cc1[N+](=O)[O-]. The molecule has 8 heteroatoms. The van der Waals surface area contributed by atoms with Gasteiger partial charge in [-0.15, -0.1) is 0 Å². The van der Waals surface area contributed by atoms with Crippen LogP contribution >= 0.6 is 0 Å². The normalized spacial score (nSPS) is 10.9. The van der Waals surface area contributed by atoms with Crippen molar-refractivity contribution in [3.05, 3.63) is 58.0 Å². The minimum atomic E-state index is -0.594. The number of methoxy groups -OCH3 is 1. The zero-order valence-electron chi connectivity index (χ0n) is 14.5. The fourth-order valence-electron chi connectivity index (χ4n) is 2.44. The van der Waals surface area contributed by atoms with Crippen LogP contribution in [-0.2, 0) is 0 Å². The van der Waals surface area contributed by atoms with Crippen LogP contribution in [0.2, 0.25) is 0 Å². The van der Waals surface area contributed by atoms with Gasteiger partial charge in [0.1, 0.15) is 5.52 Å². The lowest BCUT2D eigenvalue weighted by atomic mass is 10.1. The first kappa shape index (κ1) is 17.4. The van der Waals surface area contributed by atoms with Crippen LogP contribution in [0.25, 0.3) is 11.1 Å². The van der Waals surface area contributed by atoms with Crippen LogP contribution < -0.4 is 10.1 Å². The quantitative estimate of drug-likeness (QED) is 0.545. The van der Waals surface area contributed by atoms with Crippen molar-refractivity contribution in [2.45, 2.75) is 19.8 Å². The summed E-state index contributed by atoms with van der Waals surface area (Å²) in [5.74, 6) is 0.393. The van der Waals surface area contributed by atoms with E-state index in [1.807, 2.05) is 13.8 Å². The maximum atomic E-state index is 12.4. The second-order valence-electron chi connectivity index (χ2n) is 5.99. The third-order valence-corrected chi connectivity index (χ3v) is 3.79. The molecule has 0 aliphatic heterocycles. The Hall–Kier alpha value is -3.42. The number of ether oxygens (including phenoxy) is 1. The van der Waals surface area contributed by atoms with E-state index in [2.05, 4.69) is 10.3 Å². The smallest absolute Gasteiger partial charge is 0.311 e. The van der Waals surface area contributed by atoms with E-state index in [-0.39, 0.29) is 22.9 Å². The van der Waals surface area contributed by atoms with E-state index in [4.69, 9.17) is 9.15 Å². The highest BCUT2D eigenvalue weighted by atomic mass is 16.6. The molecule has 0 spiro atoms. The molecule has 134 valence electrons. The molecule has 26 heavy (non-hydrogen) atoms. The van der Waals surface area contributed by atoms with E-state index in [1.54, 1.807) is 18.2 Å². The number of nitrogens with one attached hydrogen (secondary N) is 1. The van der Waals surface area contributed by atoms with Crippen molar-refractivity contribution in [1.29, 1.82) is 0 Å². The third kappa shape index (κ3) is 3.34. The van der Waals surface area contributed by atoms with Crippen molar-refractivity contribution >= 4 is 28.4 Å². The van der Waals surface area contributed by atoms with E-state index in [1.165, 1.54) is 25.3 Å². The maximum absolute atomic E-state index is 12.4. The van der Waals surface area contributed by atoms with Crippen molar-refractivity contribution in [3.8, 4) is 5.75 Å². The molecule has 0 fully saturated rings. The Balaban J connectivity index is 1.86. The Bertz CT molecular complexity index is 994. The van der Waals surface area contributed by atoms with Crippen LogP contribution in [0.4, 0.5) is 11.4 Å². The number of carbonyl (C=O) groups is 1. The zero-order valence-corrected chi connectivity index (χ0v) is 14.5. The minimum absolute atomic E-state index is 0.0934. The molecule has 3 aromatic rings. The molecule has 0 radical (unpaired) electrons. The van der Waals surface area contributed by atoms with Gasteiger partial charge in [-0.25, -0.2) is 4.98 Å². The third-order valence-electron chi connectivity index (χ3n) is 3.79. The number of hydrogen-bond donors (Lipinski definition) is 1. The Morgan fingerprint density at radius 2 is 2.04 bits per heavy atom. The Morgan fingerprint density at radius 3 is 2.69 bits per heavy atom. The number of carbonyl (C=O) groups excluding carboxylic acids is 1. The maximum Gasteiger partial charge on any atom is 0.311 e. The predicted octanol–water partition coefficient (Wildman–Crippen LogP) is 4.12. The number of fused-ring (bicyclic) bond motifs is 1. The van der Waals surface area contributed by atoms with Crippen LogP contribution in [0.3, 0.4) is 0 Å². The van der Waals surface area contributed by atoms with Crippen LogP contribution in [-0.4, -0.2) is 22.9 Å². The molecular formula is C18H17N3O5. The van der Waals surface area contributed by atoms with Crippen molar-refractivity contribution in [2.24, 2.45) is 0 Å². The zero-order chi connectivity index (χ0) is 18.8. The van der Waals surface area contributed by atoms with Crippen molar-refractivity contribution in [3.63, 3.8) is 0 Å². The van der Waals surface area contributed by atoms with Crippen LogP contribution in [0, 0.1) is 10.1 Å². The molecule has 0 saturated heterocycles. The van der Waals surface area contributed by atoms with Crippen LogP contribution in [0.15, 0.2) is 40.8 Å². The van der Waals surface area contributed by atoms with Gasteiger partial charge in [0.15, 0.2) is 17.2 Å². The highest BCUT2D eigenvalue weighted by Crippen LogP contribution is 2.28. The molecule has 2 aromatic carbocycles. The summed E-state index contributed by atoms with van der Waals surface area (Å²) in [6.45, 7) is 3.95. The molecule has 1 N–H and O–H groups in total. The first-order valence-electron chi connectivity index (χ1n) is 7.93. The summed E-state index contributed by atoms with van der Waals surface area (Å²) in [7, 11) is 1.33. The van der Waals surface area contributed by atoms with Gasteiger partial charge >= 0.3 is 5.69 Å². The summed E-state index contributed by atoms with van der Waals surface area (Å²) in [4.78, 5) is 27.3. The fourth-order valence-corrected chi connectivity index (χ4v) is 2.44. The lowest BCUT2D eigenvalue weighted by molar-refractivity contribution is -0.385. The molecule has 1 aromatic heterocycles. The number of oxazole rings is 1. The van der Waals surface area contributed by atoms with Gasteiger partial charge < -0.3 is 14.5 Å². The van der Waals surface area contributed by atoms with E-state index in [9.17, 15) is 14.9 Å². The summed E-state index contributed by atoms with van der Waals surface area (Å²) in [6, 6.07) is 9.15. The first-order chi connectivity index (χ1) is 12.4. The minimum Gasteiger partial charge on any atom is -0.490 e. The number of benzene rings is 2. The predicted molar refractivity (Wildman–Crippen MR) is 95.7 cm³/mol. The number of hydrogen-bond acceptors (Lipinski definition) is 6.